The fourth-order valence-electron chi connectivity index (χ4n) is 3.85. The maximum atomic E-state index is 13.4. The van der Waals surface area contributed by atoms with Gasteiger partial charge in [-0.2, -0.15) is 0 Å². The molecule has 0 aliphatic heterocycles. The highest BCUT2D eigenvalue weighted by Gasteiger charge is 2.14. The molecule has 0 radical (unpaired) electrons. The number of nitrogens with one attached hydrogen (secondary N) is 2. The van der Waals surface area contributed by atoms with Crippen LogP contribution in [0.3, 0.4) is 0 Å². The Morgan fingerprint density at radius 2 is 1.76 bits per heavy atom. The highest BCUT2D eigenvalue weighted by atomic mass is 32.2. The van der Waals surface area contributed by atoms with Crippen LogP contribution in [-0.4, -0.2) is 40.8 Å². The van der Waals surface area contributed by atoms with Crippen LogP contribution >= 0.6 is 11.8 Å². The van der Waals surface area contributed by atoms with Crippen LogP contribution in [0.4, 0.5) is 0 Å². The van der Waals surface area contributed by atoms with Crippen molar-refractivity contribution in [3.05, 3.63) is 99.8 Å². The Morgan fingerprint density at radius 3 is 2.53 bits per heavy atom. The maximum absolute atomic E-state index is 13.4. The Bertz CT molecular complexity index is 1480. The summed E-state index contributed by atoms with van der Waals surface area (Å²) in [5.74, 6) is 0.532. The lowest BCUT2D eigenvalue weighted by atomic mass is 10.1. The predicted molar refractivity (Wildman–Crippen MR) is 150 cm³/mol. The molecule has 9 heteroatoms. The first kappa shape index (κ1) is 26.9. The molecule has 0 saturated carbocycles. The number of hydrogen-bond acceptors (Lipinski definition) is 6. The van der Waals surface area contributed by atoms with E-state index >= 15 is 0 Å². The summed E-state index contributed by atoms with van der Waals surface area (Å²) >= 11 is 1.21. The largest absolute Gasteiger partial charge is 0.497 e. The number of para-hydroxylation sites is 1. The van der Waals surface area contributed by atoms with E-state index in [0.717, 1.165) is 23.3 Å². The minimum absolute atomic E-state index is 0.102. The highest BCUT2D eigenvalue weighted by Crippen LogP contribution is 2.19. The van der Waals surface area contributed by atoms with Gasteiger partial charge in [0.05, 0.1) is 30.3 Å². The number of nitrogens with zero attached hydrogens (tertiary/aromatic N) is 2. The second-order valence-electron chi connectivity index (χ2n) is 8.67. The third-order valence-corrected chi connectivity index (χ3v) is 6.85. The molecule has 0 aliphatic rings. The van der Waals surface area contributed by atoms with Crippen LogP contribution in [-0.2, 0) is 17.9 Å². The van der Waals surface area contributed by atoms with Crippen molar-refractivity contribution in [1.82, 2.24) is 20.2 Å². The number of aromatic nitrogens is 2. The van der Waals surface area contributed by atoms with Crippen LogP contribution in [0.25, 0.3) is 10.9 Å². The van der Waals surface area contributed by atoms with Gasteiger partial charge in [-0.15, -0.1) is 0 Å². The van der Waals surface area contributed by atoms with Gasteiger partial charge >= 0.3 is 0 Å². The molecule has 4 aromatic rings. The van der Waals surface area contributed by atoms with Crippen molar-refractivity contribution in [1.29, 1.82) is 0 Å². The molecule has 3 aromatic carbocycles. The first-order valence-electron chi connectivity index (χ1n) is 12.4. The molecular formula is C29H30N4O4S. The molecule has 38 heavy (non-hydrogen) atoms. The second-order valence-corrected chi connectivity index (χ2v) is 9.62. The SMILES string of the molecule is CCCNC(=O)c1ccc(Cn2c(SCC(=O)NCc3cccc(OC)c3)nc3ccccc3c2=O)cc1. The van der Waals surface area contributed by atoms with E-state index in [-0.39, 0.29) is 29.7 Å². The molecule has 0 saturated heterocycles. The van der Waals surface area contributed by atoms with Gasteiger partial charge in [-0.05, 0) is 53.9 Å². The predicted octanol–water partition coefficient (Wildman–Crippen LogP) is 4.00. The van der Waals surface area contributed by atoms with Gasteiger partial charge in [0.25, 0.3) is 11.5 Å². The number of fused-ring (bicyclic) bond motifs is 1. The van der Waals surface area contributed by atoms with E-state index in [0.29, 0.717) is 34.7 Å². The van der Waals surface area contributed by atoms with E-state index < -0.39 is 0 Å². The molecule has 0 unspecified atom stereocenters. The van der Waals surface area contributed by atoms with Crippen LogP contribution in [0.5, 0.6) is 5.75 Å². The van der Waals surface area contributed by atoms with Crippen molar-refractivity contribution >= 4 is 34.5 Å². The first-order chi connectivity index (χ1) is 18.5. The molecule has 2 amide bonds. The van der Waals surface area contributed by atoms with Gasteiger partial charge in [0.15, 0.2) is 5.16 Å². The lowest BCUT2D eigenvalue weighted by Gasteiger charge is -2.14. The molecule has 0 atom stereocenters. The molecule has 0 aliphatic carbocycles. The van der Waals surface area contributed by atoms with Crippen LogP contribution in [0, 0.1) is 0 Å². The van der Waals surface area contributed by atoms with E-state index in [9.17, 15) is 14.4 Å². The van der Waals surface area contributed by atoms with Crippen molar-refractivity contribution < 1.29 is 14.3 Å². The van der Waals surface area contributed by atoms with Gasteiger partial charge in [-0.1, -0.05) is 55.1 Å². The lowest BCUT2D eigenvalue weighted by molar-refractivity contribution is -0.118. The Morgan fingerprint density at radius 1 is 0.974 bits per heavy atom. The molecule has 4 rings (SSSR count). The summed E-state index contributed by atoms with van der Waals surface area (Å²) in [7, 11) is 1.60. The molecule has 1 aromatic heterocycles. The monoisotopic (exact) mass is 530 g/mol. The number of carbonyl (C=O) groups is 2. The summed E-state index contributed by atoms with van der Waals surface area (Å²) in [4.78, 5) is 42.9. The third kappa shape index (κ3) is 6.80. The Balaban J connectivity index is 1.50. The van der Waals surface area contributed by atoms with Crippen molar-refractivity contribution in [3.8, 4) is 5.75 Å². The van der Waals surface area contributed by atoms with Gasteiger partial charge < -0.3 is 15.4 Å². The van der Waals surface area contributed by atoms with Crippen LogP contribution in [0.15, 0.2) is 82.7 Å². The van der Waals surface area contributed by atoms with Crippen molar-refractivity contribution in [3.63, 3.8) is 0 Å². The number of amides is 2. The molecule has 1 heterocycles. The summed E-state index contributed by atoms with van der Waals surface area (Å²) in [5.41, 5.74) is 2.74. The van der Waals surface area contributed by atoms with Crippen molar-refractivity contribution in [2.45, 2.75) is 31.6 Å². The second kappa shape index (κ2) is 12.9. The maximum Gasteiger partial charge on any atom is 0.262 e. The summed E-state index contributed by atoms with van der Waals surface area (Å²) in [6, 6.07) is 21.8. The van der Waals surface area contributed by atoms with E-state index in [2.05, 4.69) is 15.6 Å². The first-order valence-corrected chi connectivity index (χ1v) is 13.4. The van der Waals surface area contributed by atoms with Crippen molar-refractivity contribution in [2.24, 2.45) is 0 Å². The average molecular weight is 531 g/mol. The van der Waals surface area contributed by atoms with Gasteiger partial charge in [-0.25, -0.2) is 4.98 Å². The van der Waals surface area contributed by atoms with Crippen LogP contribution in [0.2, 0.25) is 0 Å². The zero-order valence-electron chi connectivity index (χ0n) is 21.4. The zero-order valence-corrected chi connectivity index (χ0v) is 22.2. The Hall–Kier alpha value is -4.11. The zero-order chi connectivity index (χ0) is 26.9. The average Bonchev–Trinajstić information content (AvgIpc) is 2.95. The number of methoxy groups -OCH3 is 1. The summed E-state index contributed by atoms with van der Waals surface area (Å²) in [6.07, 6.45) is 0.862. The van der Waals surface area contributed by atoms with Crippen LogP contribution in [0.1, 0.15) is 34.8 Å². The normalized spacial score (nSPS) is 10.8. The number of thioether (sulfide) groups is 1. The molecular weight excluding hydrogens is 500 g/mol. The fourth-order valence-corrected chi connectivity index (χ4v) is 4.67. The third-order valence-electron chi connectivity index (χ3n) is 5.88. The van der Waals surface area contributed by atoms with Gasteiger partial charge in [0.2, 0.25) is 5.91 Å². The standard InChI is InChI=1S/C29H30N4O4S/c1-3-15-30-27(35)22-13-11-20(12-14-22)18-33-28(36)24-9-4-5-10-25(24)32-29(33)38-19-26(34)31-17-21-7-6-8-23(16-21)37-2/h4-14,16H,3,15,17-19H2,1-2H3,(H,30,35)(H,31,34). The molecule has 2 N–H and O–H groups in total. The van der Waals surface area contributed by atoms with Gasteiger partial charge in [0, 0.05) is 18.7 Å². The summed E-state index contributed by atoms with van der Waals surface area (Å²) in [6.45, 7) is 3.25. The minimum Gasteiger partial charge on any atom is -0.497 e. The highest BCUT2D eigenvalue weighted by molar-refractivity contribution is 7.99. The Labute approximate surface area is 225 Å². The van der Waals surface area contributed by atoms with E-state index in [1.807, 2.05) is 49.4 Å². The smallest absolute Gasteiger partial charge is 0.262 e. The quantitative estimate of drug-likeness (QED) is 0.225. The fraction of sp³-hybridized carbons (Fsp3) is 0.241. The van der Waals surface area contributed by atoms with Gasteiger partial charge in [-0.3, -0.25) is 19.0 Å². The minimum atomic E-state index is -0.181. The topological polar surface area (TPSA) is 102 Å². The molecule has 0 bridgehead atoms. The van der Waals surface area contributed by atoms with E-state index in [1.165, 1.54) is 11.8 Å². The summed E-state index contributed by atoms with van der Waals surface area (Å²) in [5, 5.41) is 6.73. The van der Waals surface area contributed by atoms with Crippen molar-refractivity contribution in [2.75, 3.05) is 19.4 Å². The molecule has 0 spiro atoms. The summed E-state index contributed by atoms with van der Waals surface area (Å²) < 4.78 is 6.81. The lowest BCUT2D eigenvalue weighted by Crippen LogP contribution is -2.27. The number of ether oxygens (including phenoxy) is 1. The van der Waals surface area contributed by atoms with E-state index in [4.69, 9.17) is 4.74 Å². The molecule has 196 valence electrons. The molecule has 0 fully saturated rings. The number of rotatable bonds is 11. The van der Waals surface area contributed by atoms with E-state index in [1.54, 1.807) is 42.0 Å². The number of benzene rings is 3. The van der Waals surface area contributed by atoms with Crippen LogP contribution < -0.4 is 20.9 Å². The molecule has 8 nitrogen and oxygen atoms in total. The number of hydrogen-bond donors (Lipinski definition) is 2. The Kier molecular flexibility index (Phi) is 9.16. The number of carbonyl (C=O) groups excluding carboxylic acids is 2. The van der Waals surface area contributed by atoms with Gasteiger partial charge in [0.1, 0.15) is 5.75 Å².